The fourth-order valence-corrected chi connectivity index (χ4v) is 3.05. The summed E-state index contributed by atoms with van der Waals surface area (Å²) in [6, 6.07) is 11.0. The topological polar surface area (TPSA) is 34.4 Å². The standard InChI is InChI=1S/C19H17FN2O/c20-18-11-13(4-7-17(18)14-5-6-14)10-16(23)12-15-2-1-3-19-21-8-9-22(15)19/h1-4,7-9,11,14H,5-6,10,12H2. The van der Waals surface area contributed by atoms with E-state index in [0.29, 0.717) is 12.3 Å². The molecule has 0 saturated heterocycles. The van der Waals surface area contributed by atoms with Crippen LogP contribution in [0.2, 0.25) is 0 Å². The number of carbonyl (C=O) groups is 1. The first-order chi connectivity index (χ1) is 11.2. The summed E-state index contributed by atoms with van der Waals surface area (Å²) < 4.78 is 16.0. The Balaban J connectivity index is 1.49. The lowest BCUT2D eigenvalue weighted by molar-refractivity contribution is -0.117. The van der Waals surface area contributed by atoms with Gasteiger partial charge in [-0.2, -0.15) is 0 Å². The van der Waals surface area contributed by atoms with Crippen molar-refractivity contribution in [2.75, 3.05) is 0 Å². The minimum atomic E-state index is -0.172. The molecule has 0 amide bonds. The number of hydrogen-bond donors (Lipinski definition) is 0. The monoisotopic (exact) mass is 308 g/mol. The average Bonchev–Trinajstić information content (AvgIpc) is 3.24. The molecule has 3 nitrogen and oxygen atoms in total. The Hall–Kier alpha value is -2.49. The van der Waals surface area contributed by atoms with Crippen molar-refractivity contribution in [1.82, 2.24) is 9.38 Å². The average molecular weight is 308 g/mol. The van der Waals surface area contributed by atoms with Crippen molar-refractivity contribution in [3.63, 3.8) is 0 Å². The summed E-state index contributed by atoms with van der Waals surface area (Å²) in [5, 5.41) is 0. The number of hydrogen-bond acceptors (Lipinski definition) is 2. The maximum Gasteiger partial charge on any atom is 0.143 e. The van der Waals surface area contributed by atoms with Gasteiger partial charge in [0, 0.05) is 30.9 Å². The largest absolute Gasteiger partial charge is 0.304 e. The Morgan fingerprint density at radius 3 is 2.87 bits per heavy atom. The van der Waals surface area contributed by atoms with Crippen molar-refractivity contribution >= 4 is 11.4 Å². The van der Waals surface area contributed by atoms with E-state index in [0.717, 1.165) is 35.3 Å². The molecule has 1 aliphatic rings. The molecule has 0 radical (unpaired) electrons. The summed E-state index contributed by atoms with van der Waals surface area (Å²) in [4.78, 5) is 16.6. The van der Waals surface area contributed by atoms with Gasteiger partial charge in [0.1, 0.15) is 17.2 Å². The summed E-state index contributed by atoms with van der Waals surface area (Å²) >= 11 is 0. The molecule has 116 valence electrons. The van der Waals surface area contributed by atoms with Crippen LogP contribution >= 0.6 is 0 Å². The molecule has 4 heteroatoms. The lowest BCUT2D eigenvalue weighted by atomic mass is 10.0. The molecule has 0 N–H and O–H groups in total. The molecule has 0 aliphatic heterocycles. The first-order valence-corrected chi connectivity index (χ1v) is 7.92. The van der Waals surface area contributed by atoms with E-state index >= 15 is 0 Å². The summed E-state index contributed by atoms with van der Waals surface area (Å²) in [7, 11) is 0. The van der Waals surface area contributed by atoms with E-state index in [9.17, 15) is 9.18 Å². The highest BCUT2D eigenvalue weighted by atomic mass is 19.1. The highest BCUT2D eigenvalue weighted by molar-refractivity contribution is 5.83. The van der Waals surface area contributed by atoms with Gasteiger partial charge >= 0.3 is 0 Å². The van der Waals surface area contributed by atoms with E-state index in [4.69, 9.17) is 0 Å². The first-order valence-electron chi connectivity index (χ1n) is 7.92. The Morgan fingerprint density at radius 2 is 2.09 bits per heavy atom. The van der Waals surface area contributed by atoms with E-state index in [-0.39, 0.29) is 18.0 Å². The minimum Gasteiger partial charge on any atom is -0.304 e. The van der Waals surface area contributed by atoms with E-state index in [2.05, 4.69) is 4.98 Å². The third-order valence-electron chi connectivity index (χ3n) is 4.37. The molecule has 23 heavy (non-hydrogen) atoms. The quantitative estimate of drug-likeness (QED) is 0.720. The second-order valence-corrected chi connectivity index (χ2v) is 6.19. The molecule has 2 aromatic heterocycles. The number of carbonyl (C=O) groups excluding carboxylic acids is 1. The van der Waals surface area contributed by atoms with Gasteiger partial charge in [-0.3, -0.25) is 4.79 Å². The van der Waals surface area contributed by atoms with Gasteiger partial charge in [0.05, 0.1) is 0 Å². The molecule has 0 bridgehead atoms. The Kier molecular flexibility index (Phi) is 3.45. The van der Waals surface area contributed by atoms with Crippen LogP contribution in [0.3, 0.4) is 0 Å². The van der Waals surface area contributed by atoms with Gasteiger partial charge in [-0.15, -0.1) is 0 Å². The second-order valence-electron chi connectivity index (χ2n) is 6.19. The van der Waals surface area contributed by atoms with E-state index in [1.54, 1.807) is 6.20 Å². The van der Waals surface area contributed by atoms with Crippen molar-refractivity contribution < 1.29 is 9.18 Å². The second kappa shape index (κ2) is 5.61. The number of pyridine rings is 1. The lowest BCUT2D eigenvalue weighted by Gasteiger charge is -2.07. The highest BCUT2D eigenvalue weighted by Crippen LogP contribution is 2.41. The third-order valence-corrected chi connectivity index (χ3v) is 4.37. The van der Waals surface area contributed by atoms with Crippen LogP contribution in [0.4, 0.5) is 4.39 Å². The fourth-order valence-electron chi connectivity index (χ4n) is 3.05. The van der Waals surface area contributed by atoms with Crippen molar-refractivity contribution in [3.05, 3.63) is 71.4 Å². The van der Waals surface area contributed by atoms with E-state index in [1.807, 2.05) is 40.9 Å². The van der Waals surface area contributed by atoms with Crippen molar-refractivity contribution in [2.45, 2.75) is 31.6 Å². The molecule has 1 saturated carbocycles. The Labute approximate surface area is 133 Å². The summed E-state index contributed by atoms with van der Waals surface area (Å²) in [6.07, 6.45) is 6.29. The molecular formula is C19H17FN2O. The zero-order valence-electron chi connectivity index (χ0n) is 12.7. The summed E-state index contributed by atoms with van der Waals surface area (Å²) in [5.74, 6) is 0.290. The summed E-state index contributed by atoms with van der Waals surface area (Å²) in [5.41, 5.74) is 3.27. The van der Waals surface area contributed by atoms with Gasteiger partial charge in [0.15, 0.2) is 0 Å². The van der Waals surface area contributed by atoms with Crippen LogP contribution in [0.1, 0.15) is 35.6 Å². The van der Waals surface area contributed by atoms with Crippen LogP contribution in [-0.2, 0) is 17.6 Å². The number of benzene rings is 1. The number of imidazole rings is 1. The number of ketones is 1. The normalized spacial score (nSPS) is 14.3. The van der Waals surface area contributed by atoms with Crippen LogP contribution in [-0.4, -0.2) is 15.2 Å². The third kappa shape index (κ3) is 2.89. The number of halogens is 1. The van der Waals surface area contributed by atoms with E-state index in [1.165, 1.54) is 6.07 Å². The van der Waals surface area contributed by atoms with Gasteiger partial charge < -0.3 is 4.40 Å². The van der Waals surface area contributed by atoms with Crippen LogP contribution in [0.15, 0.2) is 48.8 Å². The van der Waals surface area contributed by atoms with Crippen LogP contribution < -0.4 is 0 Å². The number of nitrogens with zero attached hydrogens (tertiary/aromatic N) is 2. The van der Waals surface area contributed by atoms with Crippen LogP contribution in [0, 0.1) is 5.82 Å². The first kappa shape index (κ1) is 14.1. The summed E-state index contributed by atoms with van der Waals surface area (Å²) in [6.45, 7) is 0. The highest BCUT2D eigenvalue weighted by Gasteiger charge is 2.26. The van der Waals surface area contributed by atoms with Gasteiger partial charge in [-0.05, 0) is 48.1 Å². The van der Waals surface area contributed by atoms with E-state index < -0.39 is 0 Å². The minimum absolute atomic E-state index is 0.0739. The fraction of sp³-hybridized carbons (Fsp3) is 0.263. The zero-order valence-corrected chi connectivity index (χ0v) is 12.7. The maximum atomic E-state index is 14.1. The maximum absolute atomic E-state index is 14.1. The molecule has 3 aromatic rings. The molecule has 1 aromatic carbocycles. The van der Waals surface area contributed by atoms with Crippen LogP contribution in [0.5, 0.6) is 0 Å². The Morgan fingerprint density at radius 1 is 1.22 bits per heavy atom. The van der Waals surface area contributed by atoms with Crippen molar-refractivity contribution in [2.24, 2.45) is 0 Å². The number of fused-ring (bicyclic) bond motifs is 1. The van der Waals surface area contributed by atoms with Gasteiger partial charge in [0.2, 0.25) is 0 Å². The molecule has 0 spiro atoms. The molecule has 0 atom stereocenters. The lowest BCUT2D eigenvalue weighted by Crippen LogP contribution is -2.10. The smallest absolute Gasteiger partial charge is 0.143 e. The molecule has 2 heterocycles. The molecule has 1 fully saturated rings. The molecular weight excluding hydrogens is 291 g/mol. The number of aromatic nitrogens is 2. The number of Topliss-reactive ketones (excluding diaryl/α,β-unsaturated/α-hetero) is 1. The Bertz CT molecular complexity index is 880. The predicted molar refractivity (Wildman–Crippen MR) is 86.0 cm³/mol. The molecule has 4 rings (SSSR count). The zero-order chi connectivity index (χ0) is 15.8. The molecule has 1 aliphatic carbocycles. The predicted octanol–water partition coefficient (Wildman–Crippen LogP) is 3.71. The van der Waals surface area contributed by atoms with Crippen LogP contribution in [0.25, 0.3) is 5.65 Å². The van der Waals surface area contributed by atoms with Gasteiger partial charge in [-0.1, -0.05) is 18.2 Å². The van der Waals surface area contributed by atoms with Crippen molar-refractivity contribution in [3.8, 4) is 0 Å². The van der Waals surface area contributed by atoms with Gasteiger partial charge in [-0.25, -0.2) is 9.37 Å². The molecule has 0 unspecified atom stereocenters. The number of rotatable bonds is 5. The van der Waals surface area contributed by atoms with Crippen molar-refractivity contribution in [1.29, 1.82) is 0 Å². The SMILES string of the molecule is O=C(Cc1ccc(C2CC2)c(F)c1)Cc1cccc2nccn12. The van der Waals surface area contributed by atoms with Gasteiger partial charge in [0.25, 0.3) is 0 Å².